The number of fused-ring (bicyclic) bond motifs is 5. The first-order valence-corrected chi connectivity index (χ1v) is 11.5. The van der Waals surface area contributed by atoms with Crippen LogP contribution >= 0.6 is 0 Å². The molecule has 29 heavy (non-hydrogen) atoms. The number of hydrogen-bond acceptors (Lipinski definition) is 3. The molecular formula is C25H34N2O2. The lowest BCUT2D eigenvalue weighted by atomic mass is 9.48. The number of carbonyl (C=O) groups is 1. The Hall–Kier alpha value is -1.68. The molecule has 3 saturated carbocycles. The molecule has 6 atom stereocenters. The van der Waals surface area contributed by atoms with Gasteiger partial charge < -0.3 is 5.11 Å². The summed E-state index contributed by atoms with van der Waals surface area (Å²) in [4.78, 5) is 13.5. The largest absolute Gasteiger partial charge is 0.393 e. The first-order valence-electron chi connectivity index (χ1n) is 11.5. The van der Waals surface area contributed by atoms with Gasteiger partial charge in [0.1, 0.15) is 0 Å². The van der Waals surface area contributed by atoms with Gasteiger partial charge in [-0.05, 0) is 92.8 Å². The highest BCUT2D eigenvalue weighted by Gasteiger charge is 2.59. The number of aliphatic hydroxyl groups excluding tert-OH is 1. The topological polar surface area (TPSA) is 55.1 Å². The maximum absolute atomic E-state index is 13.5. The van der Waals surface area contributed by atoms with Gasteiger partial charge in [0.2, 0.25) is 0 Å². The molecule has 0 aromatic carbocycles. The molecule has 4 aliphatic rings. The summed E-state index contributed by atoms with van der Waals surface area (Å²) in [6.45, 7) is 7.60. The van der Waals surface area contributed by atoms with Crippen molar-refractivity contribution < 1.29 is 9.90 Å². The number of rotatable bonds is 2. The Morgan fingerprint density at radius 1 is 1.21 bits per heavy atom. The maximum Gasteiger partial charge on any atom is 0.165 e. The van der Waals surface area contributed by atoms with Crippen LogP contribution in [0, 0.1) is 28.6 Å². The first-order chi connectivity index (χ1) is 13.8. The van der Waals surface area contributed by atoms with Crippen LogP contribution in [0.25, 0.3) is 6.08 Å². The van der Waals surface area contributed by atoms with Gasteiger partial charge in [-0.3, -0.25) is 9.48 Å². The van der Waals surface area contributed by atoms with Crippen molar-refractivity contribution in [1.82, 2.24) is 9.78 Å². The zero-order chi connectivity index (χ0) is 20.4. The van der Waals surface area contributed by atoms with Crippen LogP contribution in [0.1, 0.15) is 71.4 Å². The molecule has 1 N–H and O–H groups in total. The van der Waals surface area contributed by atoms with E-state index in [1.54, 1.807) is 0 Å². The fraction of sp³-hybridized carbons (Fsp3) is 0.680. The van der Waals surface area contributed by atoms with Gasteiger partial charge in [0.05, 0.1) is 11.8 Å². The summed E-state index contributed by atoms with van der Waals surface area (Å²) in [6.07, 6.45) is 13.3. The SMILES string of the molecule is CCn1ccc(/C=C2\C[C@@H]3[C@H]4CC=C5C[C@@H](O)CC[C@]5(C)[C@@H]4CC[C@]3(C)C2=O)n1. The molecule has 0 unspecified atom stereocenters. The average molecular weight is 395 g/mol. The molecule has 0 radical (unpaired) electrons. The number of aliphatic hydroxyl groups is 1. The van der Waals surface area contributed by atoms with Crippen molar-refractivity contribution >= 4 is 11.9 Å². The minimum atomic E-state index is -0.212. The summed E-state index contributed by atoms with van der Waals surface area (Å²) >= 11 is 0. The number of hydrogen-bond donors (Lipinski definition) is 1. The fourth-order valence-electron chi connectivity index (χ4n) is 7.25. The molecule has 0 spiro atoms. The van der Waals surface area contributed by atoms with Gasteiger partial charge in [-0.25, -0.2) is 0 Å². The molecule has 0 bridgehead atoms. The van der Waals surface area contributed by atoms with Crippen molar-refractivity contribution in [3.8, 4) is 0 Å². The number of Topliss-reactive ketones (excluding diaryl/α,β-unsaturated/α-hetero) is 1. The van der Waals surface area contributed by atoms with Crippen LogP contribution in [0.5, 0.6) is 0 Å². The Bertz CT molecular complexity index is 896. The molecule has 4 nitrogen and oxygen atoms in total. The van der Waals surface area contributed by atoms with E-state index in [-0.39, 0.29) is 16.9 Å². The third-order valence-electron chi connectivity index (χ3n) is 9.03. The van der Waals surface area contributed by atoms with Gasteiger partial charge >= 0.3 is 0 Å². The van der Waals surface area contributed by atoms with Gasteiger partial charge in [0.25, 0.3) is 0 Å². The van der Waals surface area contributed by atoms with Gasteiger partial charge in [-0.2, -0.15) is 5.10 Å². The molecule has 1 aromatic rings. The fourth-order valence-corrected chi connectivity index (χ4v) is 7.25. The van der Waals surface area contributed by atoms with E-state index >= 15 is 0 Å². The van der Waals surface area contributed by atoms with E-state index in [1.165, 1.54) is 5.57 Å². The Balaban J connectivity index is 1.46. The predicted molar refractivity (Wildman–Crippen MR) is 114 cm³/mol. The third-order valence-corrected chi connectivity index (χ3v) is 9.03. The molecule has 3 fully saturated rings. The van der Waals surface area contributed by atoms with Crippen molar-refractivity contribution in [3.05, 3.63) is 35.2 Å². The Kier molecular flexibility index (Phi) is 4.43. The predicted octanol–water partition coefficient (Wildman–Crippen LogP) is 4.79. The van der Waals surface area contributed by atoms with Gasteiger partial charge in [0, 0.05) is 18.2 Å². The van der Waals surface area contributed by atoms with Crippen molar-refractivity contribution in [1.29, 1.82) is 0 Å². The Morgan fingerprint density at radius 3 is 2.76 bits per heavy atom. The number of allylic oxidation sites excluding steroid dienone is 2. The number of nitrogens with zero attached hydrogens (tertiary/aromatic N) is 2. The van der Waals surface area contributed by atoms with Crippen molar-refractivity contribution in [2.45, 2.75) is 78.4 Å². The van der Waals surface area contributed by atoms with E-state index in [0.29, 0.717) is 23.5 Å². The second-order valence-corrected chi connectivity index (χ2v) is 10.4. The summed E-state index contributed by atoms with van der Waals surface area (Å²) in [6, 6.07) is 2.01. The minimum absolute atomic E-state index is 0.162. The molecule has 4 aliphatic carbocycles. The van der Waals surface area contributed by atoms with Crippen LogP contribution in [0.4, 0.5) is 0 Å². The van der Waals surface area contributed by atoms with Gasteiger partial charge in [-0.15, -0.1) is 0 Å². The number of aryl methyl sites for hydroxylation is 1. The van der Waals surface area contributed by atoms with Crippen molar-refractivity contribution in [2.24, 2.45) is 28.6 Å². The molecule has 0 amide bonds. The molecule has 5 rings (SSSR count). The lowest BCUT2D eigenvalue weighted by Crippen LogP contribution is -2.50. The second-order valence-electron chi connectivity index (χ2n) is 10.4. The Morgan fingerprint density at radius 2 is 2.00 bits per heavy atom. The molecule has 0 saturated heterocycles. The Labute approximate surface area is 174 Å². The summed E-state index contributed by atoms with van der Waals surface area (Å²) in [7, 11) is 0. The lowest BCUT2D eigenvalue weighted by Gasteiger charge is -2.56. The van der Waals surface area contributed by atoms with E-state index in [1.807, 2.05) is 16.9 Å². The zero-order valence-corrected chi connectivity index (χ0v) is 18.0. The van der Waals surface area contributed by atoms with Crippen LogP contribution in [0.15, 0.2) is 29.5 Å². The third kappa shape index (κ3) is 2.82. The normalized spacial score (nSPS) is 43.0. The highest BCUT2D eigenvalue weighted by Crippen LogP contribution is 2.64. The molecule has 0 aliphatic heterocycles. The standard InChI is InChI=1S/C25H34N2O2/c1-4-27-12-9-18(26-27)13-16-14-22-20-6-5-17-15-19(28)7-10-24(17,2)21(20)8-11-25(22,3)23(16)29/h5,9,12-13,19-22,28H,4,6-8,10-11,14-15H2,1-3H3/b16-13+/t19-,20-,21+,22+,24-,25-/m0/s1. The quantitative estimate of drug-likeness (QED) is 0.580. The van der Waals surface area contributed by atoms with Gasteiger partial charge in [0.15, 0.2) is 5.78 Å². The van der Waals surface area contributed by atoms with E-state index < -0.39 is 0 Å². The molecule has 4 heteroatoms. The van der Waals surface area contributed by atoms with Crippen LogP contribution in [-0.4, -0.2) is 26.8 Å². The molecule has 156 valence electrons. The average Bonchev–Trinajstić information content (AvgIpc) is 3.26. The van der Waals surface area contributed by atoms with Crippen LogP contribution < -0.4 is 0 Å². The van der Waals surface area contributed by atoms with Crippen LogP contribution in [-0.2, 0) is 11.3 Å². The van der Waals surface area contributed by atoms with Crippen molar-refractivity contribution in [3.63, 3.8) is 0 Å². The minimum Gasteiger partial charge on any atom is -0.393 e. The second kappa shape index (κ2) is 6.66. The van der Waals surface area contributed by atoms with Gasteiger partial charge in [-0.1, -0.05) is 25.5 Å². The van der Waals surface area contributed by atoms with E-state index in [0.717, 1.165) is 62.8 Å². The highest BCUT2D eigenvalue weighted by atomic mass is 16.3. The number of carbonyl (C=O) groups excluding carboxylic acids is 1. The zero-order valence-electron chi connectivity index (χ0n) is 18.0. The van der Waals surface area contributed by atoms with Crippen LogP contribution in [0.2, 0.25) is 0 Å². The highest BCUT2D eigenvalue weighted by molar-refractivity contribution is 6.05. The van der Waals surface area contributed by atoms with E-state index in [4.69, 9.17) is 0 Å². The maximum atomic E-state index is 13.5. The summed E-state index contributed by atoms with van der Waals surface area (Å²) in [5, 5.41) is 14.8. The number of aromatic nitrogens is 2. The smallest absolute Gasteiger partial charge is 0.165 e. The number of ketones is 1. The van der Waals surface area contributed by atoms with Crippen LogP contribution in [0.3, 0.4) is 0 Å². The monoisotopic (exact) mass is 394 g/mol. The van der Waals surface area contributed by atoms with Crippen molar-refractivity contribution in [2.75, 3.05) is 0 Å². The summed E-state index contributed by atoms with van der Waals surface area (Å²) in [5.41, 5.74) is 3.40. The molecule has 1 aromatic heterocycles. The molecular weight excluding hydrogens is 360 g/mol. The van der Waals surface area contributed by atoms with E-state index in [9.17, 15) is 9.90 Å². The first kappa shape index (κ1) is 19.3. The molecule has 1 heterocycles. The lowest BCUT2D eigenvalue weighted by molar-refractivity contribution is -0.130. The summed E-state index contributed by atoms with van der Waals surface area (Å²) < 4.78 is 1.92. The van der Waals surface area contributed by atoms with E-state index in [2.05, 4.69) is 38.0 Å². The summed E-state index contributed by atoms with van der Waals surface area (Å²) in [5.74, 6) is 2.04.